The molecule has 0 unspecified atom stereocenters. The number of hydroxylamine groups is 2. The number of thiophene rings is 3. The van der Waals surface area contributed by atoms with E-state index in [0.29, 0.717) is 9.94 Å². The highest BCUT2D eigenvalue weighted by Gasteiger charge is 2.33. The van der Waals surface area contributed by atoms with Crippen LogP contribution in [-0.2, 0) is 14.4 Å². The zero-order chi connectivity index (χ0) is 17.4. The molecule has 1 fully saturated rings. The van der Waals surface area contributed by atoms with E-state index in [-0.39, 0.29) is 12.8 Å². The summed E-state index contributed by atoms with van der Waals surface area (Å²) in [6, 6.07) is 11.7. The molecule has 0 bridgehead atoms. The van der Waals surface area contributed by atoms with Gasteiger partial charge < -0.3 is 4.84 Å². The molecule has 0 aromatic carbocycles. The molecule has 1 aliphatic heterocycles. The highest BCUT2D eigenvalue weighted by atomic mass is 32.1. The van der Waals surface area contributed by atoms with Crippen molar-refractivity contribution in [3.63, 3.8) is 0 Å². The second-order valence-electron chi connectivity index (χ2n) is 5.27. The summed E-state index contributed by atoms with van der Waals surface area (Å²) in [5, 5.41) is 2.61. The Kier molecular flexibility index (Phi) is 4.24. The molecular formula is C17H11NO4S3. The molecular weight excluding hydrogens is 378 g/mol. The second-order valence-corrected chi connectivity index (χ2v) is 8.38. The number of imide groups is 1. The van der Waals surface area contributed by atoms with Crippen LogP contribution in [0.25, 0.3) is 19.5 Å². The van der Waals surface area contributed by atoms with Gasteiger partial charge in [-0.05, 0) is 35.7 Å². The molecule has 0 aliphatic carbocycles. The summed E-state index contributed by atoms with van der Waals surface area (Å²) < 4.78 is 0. The third-order valence-electron chi connectivity index (χ3n) is 3.60. The fourth-order valence-electron chi connectivity index (χ4n) is 2.39. The van der Waals surface area contributed by atoms with Crippen molar-refractivity contribution in [1.82, 2.24) is 5.06 Å². The third kappa shape index (κ3) is 3.15. The SMILES string of the molecule is O=C(ON1C(=O)CCC1=O)c1ccc(-c2ccc(-c3cccs3)s2)s1. The molecule has 0 spiro atoms. The van der Waals surface area contributed by atoms with E-state index < -0.39 is 17.8 Å². The highest BCUT2D eigenvalue weighted by Crippen LogP contribution is 2.39. The number of rotatable bonds is 4. The molecule has 8 heteroatoms. The van der Waals surface area contributed by atoms with Crippen molar-refractivity contribution >= 4 is 51.8 Å². The molecule has 2 amide bonds. The fraction of sp³-hybridized carbons (Fsp3) is 0.118. The summed E-state index contributed by atoms with van der Waals surface area (Å²) >= 11 is 4.62. The molecule has 3 aromatic heterocycles. The van der Waals surface area contributed by atoms with Gasteiger partial charge in [0.15, 0.2) is 0 Å². The Morgan fingerprint density at radius 3 is 2.20 bits per heavy atom. The maximum atomic E-state index is 12.2. The van der Waals surface area contributed by atoms with E-state index in [9.17, 15) is 14.4 Å². The average Bonchev–Trinajstić information content (AvgIpc) is 3.36. The van der Waals surface area contributed by atoms with Gasteiger partial charge in [0, 0.05) is 32.4 Å². The molecule has 3 aromatic rings. The van der Waals surface area contributed by atoms with Gasteiger partial charge in [-0.1, -0.05) is 6.07 Å². The van der Waals surface area contributed by atoms with Crippen molar-refractivity contribution < 1.29 is 19.2 Å². The van der Waals surface area contributed by atoms with Crippen LogP contribution in [0, 0.1) is 0 Å². The van der Waals surface area contributed by atoms with E-state index in [1.165, 1.54) is 21.1 Å². The van der Waals surface area contributed by atoms with Gasteiger partial charge in [-0.2, -0.15) is 0 Å². The van der Waals surface area contributed by atoms with Gasteiger partial charge in [0.2, 0.25) is 0 Å². The van der Waals surface area contributed by atoms with Crippen LogP contribution in [-0.4, -0.2) is 22.8 Å². The van der Waals surface area contributed by atoms with Crippen molar-refractivity contribution in [2.75, 3.05) is 0 Å². The van der Waals surface area contributed by atoms with Gasteiger partial charge in [0.05, 0.1) is 0 Å². The Balaban J connectivity index is 1.51. The lowest BCUT2D eigenvalue weighted by Crippen LogP contribution is -2.31. The lowest BCUT2D eigenvalue weighted by Gasteiger charge is -2.11. The Morgan fingerprint density at radius 1 is 0.880 bits per heavy atom. The molecule has 5 nitrogen and oxygen atoms in total. The fourth-order valence-corrected chi connectivity index (χ4v) is 5.20. The first-order chi connectivity index (χ1) is 12.1. The van der Waals surface area contributed by atoms with Crippen molar-refractivity contribution in [2.45, 2.75) is 12.8 Å². The molecule has 0 radical (unpaired) electrons. The van der Waals surface area contributed by atoms with Gasteiger partial charge in [-0.25, -0.2) is 4.79 Å². The number of nitrogens with zero attached hydrogens (tertiary/aromatic N) is 1. The summed E-state index contributed by atoms with van der Waals surface area (Å²) in [7, 11) is 0. The lowest BCUT2D eigenvalue weighted by molar-refractivity contribution is -0.172. The summed E-state index contributed by atoms with van der Waals surface area (Å²) in [6.45, 7) is 0. The van der Waals surface area contributed by atoms with E-state index in [2.05, 4.69) is 12.1 Å². The predicted octanol–water partition coefficient (Wildman–Crippen LogP) is 4.43. The van der Waals surface area contributed by atoms with Crippen LogP contribution in [0.4, 0.5) is 0 Å². The normalized spacial score (nSPS) is 14.3. The molecule has 4 rings (SSSR count). The standard InChI is InChI=1S/C17H11NO4S3/c19-15-7-8-16(20)18(15)22-17(21)14-6-5-13(25-14)12-4-3-11(24-12)10-2-1-9-23-10/h1-6,9H,7-8H2. The second kappa shape index (κ2) is 6.55. The van der Waals surface area contributed by atoms with E-state index in [0.717, 1.165) is 9.75 Å². The molecule has 4 heterocycles. The van der Waals surface area contributed by atoms with Crippen LogP contribution < -0.4 is 0 Å². The molecule has 1 saturated heterocycles. The van der Waals surface area contributed by atoms with Crippen molar-refractivity contribution in [1.29, 1.82) is 0 Å². The van der Waals surface area contributed by atoms with E-state index in [1.807, 2.05) is 23.6 Å². The van der Waals surface area contributed by atoms with E-state index in [1.54, 1.807) is 28.7 Å². The Morgan fingerprint density at radius 2 is 1.52 bits per heavy atom. The van der Waals surface area contributed by atoms with Crippen LogP contribution in [0.3, 0.4) is 0 Å². The monoisotopic (exact) mass is 389 g/mol. The average molecular weight is 389 g/mol. The molecule has 0 saturated carbocycles. The molecule has 25 heavy (non-hydrogen) atoms. The first kappa shape index (κ1) is 16.2. The van der Waals surface area contributed by atoms with E-state index in [4.69, 9.17) is 4.84 Å². The smallest absolute Gasteiger partial charge is 0.324 e. The number of carbonyl (C=O) groups excluding carboxylic acids is 3. The largest absolute Gasteiger partial charge is 0.373 e. The first-order valence-electron chi connectivity index (χ1n) is 7.44. The number of amides is 2. The van der Waals surface area contributed by atoms with E-state index >= 15 is 0 Å². The van der Waals surface area contributed by atoms with Crippen molar-refractivity contribution in [3.05, 3.63) is 46.7 Å². The first-order valence-corrected chi connectivity index (χ1v) is 9.95. The van der Waals surface area contributed by atoms with Crippen LogP contribution in [0.5, 0.6) is 0 Å². The molecule has 0 atom stereocenters. The number of carbonyl (C=O) groups is 3. The van der Waals surface area contributed by atoms with Gasteiger partial charge in [-0.15, -0.1) is 39.1 Å². The molecule has 0 N–H and O–H groups in total. The molecule has 126 valence electrons. The summed E-state index contributed by atoms with van der Waals surface area (Å²) in [5.74, 6) is -1.64. The number of hydrogen-bond acceptors (Lipinski definition) is 7. The lowest BCUT2D eigenvalue weighted by atomic mass is 10.3. The van der Waals surface area contributed by atoms with Gasteiger partial charge in [-0.3, -0.25) is 9.59 Å². The Labute approximate surface area is 155 Å². The minimum atomic E-state index is -0.685. The van der Waals surface area contributed by atoms with Crippen molar-refractivity contribution in [3.8, 4) is 19.5 Å². The van der Waals surface area contributed by atoms with Crippen LogP contribution in [0.1, 0.15) is 22.5 Å². The summed E-state index contributed by atoms with van der Waals surface area (Å²) in [4.78, 5) is 44.9. The van der Waals surface area contributed by atoms with Crippen LogP contribution in [0.2, 0.25) is 0 Å². The summed E-state index contributed by atoms with van der Waals surface area (Å²) in [6.07, 6.45) is 0.172. The van der Waals surface area contributed by atoms with Gasteiger partial charge in [0.25, 0.3) is 11.8 Å². The van der Waals surface area contributed by atoms with Crippen LogP contribution in [0.15, 0.2) is 41.8 Å². The minimum absolute atomic E-state index is 0.0858. The summed E-state index contributed by atoms with van der Waals surface area (Å²) in [5.41, 5.74) is 0. The zero-order valence-electron chi connectivity index (χ0n) is 12.8. The third-order valence-corrected chi connectivity index (χ3v) is 7.01. The molecule has 1 aliphatic rings. The quantitative estimate of drug-likeness (QED) is 0.620. The van der Waals surface area contributed by atoms with Gasteiger partial charge >= 0.3 is 5.97 Å². The maximum Gasteiger partial charge on any atom is 0.373 e. The maximum absolute atomic E-state index is 12.2. The number of hydrogen-bond donors (Lipinski definition) is 0. The topological polar surface area (TPSA) is 63.7 Å². The minimum Gasteiger partial charge on any atom is -0.324 e. The van der Waals surface area contributed by atoms with Crippen molar-refractivity contribution in [2.24, 2.45) is 0 Å². The van der Waals surface area contributed by atoms with Gasteiger partial charge in [0.1, 0.15) is 4.88 Å². The predicted molar refractivity (Wildman–Crippen MR) is 97.4 cm³/mol. The highest BCUT2D eigenvalue weighted by molar-refractivity contribution is 7.26. The Bertz CT molecular complexity index is 938. The Hall–Kier alpha value is -2.29. The zero-order valence-corrected chi connectivity index (χ0v) is 15.2. The van der Waals surface area contributed by atoms with Crippen LogP contribution >= 0.6 is 34.0 Å².